The lowest BCUT2D eigenvalue weighted by Gasteiger charge is -2.40. The van der Waals surface area contributed by atoms with Crippen molar-refractivity contribution in [2.24, 2.45) is 0 Å². The van der Waals surface area contributed by atoms with Crippen molar-refractivity contribution in [3.63, 3.8) is 0 Å². The number of aliphatic hydroxyl groups excluding tert-OH is 5. The first-order chi connectivity index (χ1) is 22.3. The van der Waals surface area contributed by atoms with E-state index in [9.17, 15) is 30.3 Å². The molecule has 0 aromatic rings. The smallest absolute Gasteiger partial charge is 0.220 e. The zero-order chi connectivity index (χ0) is 33.8. The molecule has 0 radical (unpaired) electrons. The average Bonchev–Trinajstić information content (AvgIpc) is 3.05. The van der Waals surface area contributed by atoms with E-state index >= 15 is 0 Å². The Kier molecular flexibility index (Phi) is 27.0. The van der Waals surface area contributed by atoms with Crippen molar-refractivity contribution in [1.82, 2.24) is 5.32 Å². The Hall–Kier alpha value is -1.07. The molecule has 46 heavy (non-hydrogen) atoms. The van der Waals surface area contributed by atoms with Crippen molar-refractivity contribution < 1.29 is 39.8 Å². The van der Waals surface area contributed by atoms with Gasteiger partial charge in [-0.3, -0.25) is 4.79 Å². The molecule has 1 amide bonds. The first-order valence-corrected chi connectivity index (χ1v) is 18.9. The van der Waals surface area contributed by atoms with Crippen LogP contribution in [-0.4, -0.2) is 87.5 Å². The van der Waals surface area contributed by atoms with Crippen LogP contribution in [0.1, 0.15) is 162 Å². The lowest BCUT2D eigenvalue weighted by molar-refractivity contribution is -0.302. The molecule has 0 spiro atoms. The van der Waals surface area contributed by atoms with E-state index < -0.39 is 49.5 Å². The number of carbonyl (C=O) groups excluding carboxylic acids is 1. The second kappa shape index (κ2) is 28.9. The van der Waals surface area contributed by atoms with E-state index in [-0.39, 0.29) is 12.5 Å². The fourth-order valence-electron chi connectivity index (χ4n) is 5.98. The first-order valence-electron chi connectivity index (χ1n) is 18.9. The zero-order valence-corrected chi connectivity index (χ0v) is 29.3. The molecule has 6 N–H and O–H groups in total. The maximum Gasteiger partial charge on any atom is 0.220 e. The summed E-state index contributed by atoms with van der Waals surface area (Å²) in [4.78, 5) is 12.8. The molecule has 9 heteroatoms. The number of allylic oxidation sites excluding steroid dienone is 1. The highest BCUT2D eigenvalue weighted by Crippen LogP contribution is 2.22. The quantitative estimate of drug-likeness (QED) is 0.0394. The van der Waals surface area contributed by atoms with Crippen LogP contribution in [0.2, 0.25) is 0 Å². The Bertz CT molecular complexity index is 736. The van der Waals surface area contributed by atoms with Gasteiger partial charge in [0, 0.05) is 6.42 Å². The average molecular weight is 658 g/mol. The molecule has 2 unspecified atom stereocenters. The Balaban J connectivity index is 2.45. The van der Waals surface area contributed by atoms with Gasteiger partial charge in [0.05, 0.1) is 25.4 Å². The van der Waals surface area contributed by atoms with Crippen molar-refractivity contribution in [2.75, 3.05) is 13.2 Å². The van der Waals surface area contributed by atoms with Gasteiger partial charge >= 0.3 is 0 Å². The van der Waals surface area contributed by atoms with Crippen molar-refractivity contribution in [3.05, 3.63) is 12.2 Å². The maximum atomic E-state index is 12.8. The molecule has 1 heterocycles. The van der Waals surface area contributed by atoms with Gasteiger partial charge in [0.2, 0.25) is 5.91 Å². The van der Waals surface area contributed by atoms with Gasteiger partial charge in [0.1, 0.15) is 24.4 Å². The van der Waals surface area contributed by atoms with Gasteiger partial charge in [-0.2, -0.15) is 0 Å². The second-order valence-corrected chi connectivity index (χ2v) is 13.4. The van der Waals surface area contributed by atoms with Crippen molar-refractivity contribution in [3.8, 4) is 0 Å². The Morgan fingerprint density at radius 3 is 1.70 bits per heavy atom. The molecule has 0 aromatic heterocycles. The molecule has 1 rings (SSSR count). The molecule has 1 fully saturated rings. The number of aliphatic hydroxyl groups is 5. The van der Waals surface area contributed by atoms with E-state index in [1.807, 2.05) is 6.08 Å². The molecule has 0 saturated carbocycles. The predicted molar refractivity (Wildman–Crippen MR) is 184 cm³/mol. The van der Waals surface area contributed by atoms with E-state index in [0.717, 1.165) is 38.5 Å². The highest BCUT2D eigenvalue weighted by Gasteiger charge is 2.44. The fraction of sp³-hybridized carbons (Fsp3) is 0.919. The van der Waals surface area contributed by atoms with Crippen molar-refractivity contribution >= 4 is 5.91 Å². The molecule has 7 atom stereocenters. The summed E-state index contributed by atoms with van der Waals surface area (Å²) in [5.74, 6) is -0.183. The Morgan fingerprint density at radius 1 is 0.717 bits per heavy atom. The summed E-state index contributed by atoms with van der Waals surface area (Å²) in [7, 11) is 0. The number of nitrogens with one attached hydrogen (secondary N) is 1. The number of unbranched alkanes of at least 4 members (excludes halogenated alkanes) is 20. The summed E-state index contributed by atoms with van der Waals surface area (Å²) >= 11 is 0. The number of hydrogen-bond donors (Lipinski definition) is 6. The molecule has 0 aliphatic carbocycles. The highest BCUT2D eigenvalue weighted by atomic mass is 16.7. The normalized spacial score (nSPS) is 23.2. The topological polar surface area (TPSA) is 149 Å². The molecule has 9 nitrogen and oxygen atoms in total. The third-order valence-corrected chi connectivity index (χ3v) is 9.11. The van der Waals surface area contributed by atoms with Gasteiger partial charge in [0.15, 0.2) is 6.29 Å². The van der Waals surface area contributed by atoms with Gasteiger partial charge in [-0.1, -0.05) is 148 Å². The SMILES string of the molecule is CCCCCCCCCCCCCCC/C=C/[C@@H](O)[C@H](CO[C@@H]1O[C@H](CO)[C@@H](O)C(O)C1O)NC(=O)CCCCCCCCCC. The van der Waals surface area contributed by atoms with Crippen LogP contribution in [0, 0.1) is 0 Å². The van der Waals surface area contributed by atoms with Crippen LogP contribution in [0.4, 0.5) is 0 Å². The van der Waals surface area contributed by atoms with Crippen LogP contribution in [0.3, 0.4) is 0 Å². The maximum absolute atomic E-state index is 12.8. The number of rotatable bonds is 30. The summed E-state index contributed by atoms with van der Waals surface area (Å²) in [5, 5.41) is 53.8. The summed E-state index contributed by atoms with van der Waals surface area (Å²) in [6.07, 6.45) is 22.6. The molecular formula is C37H71NO8. The fourth-order valence-corrected chi connectivity index (χ4v) is 5.98. The lowest BCUT2D eigenvalue weighted by Crippen LogP contribution is -2.60. The molecule has 0 bridgehead atoms. The Morgan fingerprint density at radius 2 is 1.20 bits per heavy atom. The largest absolute Gasteiger partial charge is 0.394 e. The van der Waals surface area contributed by atoms with Crippen LogP contribution >= 0.6 is 0 Å². The van der Waals surface area contributed by atoms with E-state index in [4.69, 9.17) is 9.47 Å². The minimum Gasteiger partial charge on any atom is -0.394 e. The minimum absolute atomic E-state index is 0.183. The highest BCUT2D eigenvalue weighted by molar-refractivity contribution is 5.76. The van der Waals surface area contributed by atoms with Crippen LogP contribution in [-0.2, 0) is 14.3 Å². The zero-order valence-electron chi connectivity index (χ0n) is 29.3. The van der Waals surface area contributed by atoms with Crippen molar-refractivity contribution in [1.29, 1.82) is 0 Å². The van der Waals surface area contributed by atoms with Crippen LogP contribution in [0.25, 0.3) is 0 Å². The van der Waals surface area contributed by atoms with E-state index in [2.05, 4.69) is 19.2 Å². The molecule has 1 aliphatic heterocycles. The van der Waals surface area contributed by atoms with Gasteiger partial charge in [0.25, 0.3) is 0 Å². The van der Waals surface area contributed by atoms with Crippen molar-refractivity contribution in [2.45, 2.75) is 204 Å². The van der Waals surface area contributed by atoms with Crippen LogP contribution in [0.5, 0.6) is 0 Å². The summed E-state index contributed by atoms with van der Waals surface area (Å²) in [6.45, 7) is 3.71. The van der Waals surface area contributed by atoms with Gasteiger partial charge in [-0.15, -0.1) is 0 Å². The molecule has 1 aliphatic rings. The summed E-state index contributed by atoms with van der Waals surface area (Å²) < 4.78 is 11.1. The van der Waals surface area contributed by atoms with E-state index in [1.165, 1.54) is 103 Å². The molecular weight excluding hydrogens is 586 g/mol. The minimum atomic E-state index is -1.56. The third kappa shape index (κ3) is 20.3. The molecule has 1 saturated heterocycles. The molecule has 272 valence electrons. The predicted octanol–water partition coefficient (Wildman–Crippen LogP) is 6.22. The standard InChI is InChI=1S/C37H71NO8/c1-3-5-7-9-11-13-14-15-16-17-18-19-20-22-24-26-31(40)30(38-33(41)27-25-23-21-12-10-8-6-4-2)29-45-37-36(44)35(43)34(42)32(28-39)46-37/h24,26,30-32,34-37,39-40,42-44H,3-23,25,27-29H2,1-2H3,(H,38,41)/b26-24+/t30-,31+,32+,34+,35?,36?,37+/m0/s1. The monoisotopic (exact) mass is 658 g/mol. The van der Waals surface area contributed by atoms with E-state index in [0.29, 0.717) is 6.42 Å². The first kappa shape index (κ1) is 43.0. The number of ether oxygens (including phenoxy) is 2. The second-order valence-electron chi connectivity index (χ2n) is 13.4. The van der Waals surface area contributed by atoms with Crippen LogP contribution < -0.4 is 5.32 Å². The number of hydrogen-bond acceptors (Lipinski definition) is 8. The number of carbonyl (C=O) groups is 1. The van der Waals surface area contributed by atoms with Crippen LogP contribution in [0.15, 0.2) is 12.2 Å². The van der Waals surface area contributed by atoms with Gasteiger partial charge in [-0.25, -0.2) is 0 Å². The van der Waals surface area contributed by atoms with Gasteiger partial charge in [-0.05, 0) is 19.3 Å². The summed E-state index contributed by atoms with van der Waals surface area (Å²) in [5.41, 5.74) is 0. The summed E-state index contributed by atoms with van der Waals surface area (Å²) in [6, 6.07) is -0.795. The third-order valence-electron chi connectivity index (χ3n) is 9.11. The number of amides is 1. The molecule has 0 aromatic carbocycles. The lowest BCUT2D eigenvalue weighted by atomic mass is 9.99. The van der Waals surface area contributed by atoms with E-state index in [1.54, 1.807) is 6.08 Å². The Labute approximate surface area is 280 Å². The van der Waals surface area contributed by atoms with Gasteiger partial charge < -0.3 is 40.3 Å².